The third-order valence-electron chi connectivity index (χ3n) is 4.77. The van der Waals surface area contributed by atoms with Gasteiger partial charge in [-0.2, -0.15) is 0 Å². The van der Waals surface area contributed by atoms with E-state index in [1.165, 1.54) is 12.8 Å². The van der Waals surface area contributed by atoms with Crippen molar-refractivity contribution in [3.05, 3.63) is 35.4 Å². The lowest BCUT2D eigenvalue weighted by atomic mass is 10.1. The summed E-state index contributed by atoms with van der Waals surface area (Å²) in [6.07, 6.45) is 4.88. The van der Waals surface area contributed by atoms with Crippen LogP contribution in [0, 0.1) is 6.92 Å². The van der Waals surface area contributed by atoms with Gasteiger partial charge >= 0.3 is 0 Å². The average molecular weight is 316 g/mol. The van der Waals surface area contributed by atoms with Crippen LogP contribution in [0.25, 0.3) is 0 Å². The van der Waals surface area contributed by atoms with Gasteiger partial charge in [0, 0.05) is 19.0 Å². The zero-order valence-corrected chi connectivity index (χ0v) is 14.5. The Morgan fingerprint density at radius 1 is 1.26 bits per heavy atom. The van der Waals surface area contributed by atoms with Crippen molar-refractivity contribution in [1.82, 2.24) is 10.2 Å². The van der Waals surface area contributed by atoms with Crippen LogP contribution in [-0.4, -0.2) is 28.8 Å². The number of carbonyl (C=O) groups is 2. The third-order valence-corrected chi connectivity index (χ3v) is 4.77. The van der Waals surface area contributed by atoms with E-state index in [2.05, 4.69) is 5.32 Å². The minimum absolute atomic E-state index is 0.0160. The summed E-state index contributed by atoms with van der Waals surface area (Å²) in [4.78, 5) is 26.6. The molecule has 0 radical (unpaired) electrons. The van der Waals surface area contributed by atoms with Gasteiger partial charge in [-0.25, -0.2) is 0 Å². The van der Waals surface area contributed by atoms with Crippen molar-refractivity contribution >= 4 is 11.8 Å². The second-order valence-corrected chi connectivity index (χ2v) is 6.47. The molecule has 1 saturated carbocycles. The zero-order valence-electron chi connectivity index (χ0n) is 14.5. The molecule has 1 N–H and O–H groups in total. The topological polar surface area (TPSA) is 49.4 Å². The fourth-order valence-electron chi connectivity index (χ4n) is 3.15. The average Bonchev–Trinajstić information content (AvgIpc) is 3.05. The molecule has 0 aliphatic heterocycles. The van der Waals surface area contributed by atoms with Crippen LogP contribution < -0.4 is 5.32 Å². The molecule has 126 valence electrons. The van der Waals surface area contributed by atoms with E-state index in [9.17, 15) is 9.59 Å². The number of rotatable bonds is 6. The van der Waals surface area contributed by atoms with Gasteiger partial charge in [0.25, 0.3) is 0 Å². The van der Waals surface area contributed by atoms with Crippen molar-refractivity contribution in [2.75, 3.05) is 0 Å². The lowest BCUT2D eigenvalue weighted by Gasteiger charge is -2.30. The smallest absolute Gasteiger partial charge is 0.242 e. The number of carbonyl (C=O) groups excluding carboxylic acids is 2. The van der Waals surface area contributed by atoms with Gasteiger partial charge in [-0.1, -0.05) is 44.0 Å². The van der Waals surface area contributed by atoms with E-state index in [4.69, 9.17) is 0 Å². The maximum atomic E-state index is 12.5. The number of nitrogens with zero attached hydrogens (tertiary/aromatic N) is 1. The molecule has 1 atom stereocenters. The van der Waals surface area contributed by atoms with E-state index < -0.39 is 6.04 Å². The van der Waals surface area contributed by atoms with Crippen LogP contribution >= 0.6 is 0 Å². The molecule has 23 heavy (non-hydrogen) atoms. The van der Waals surface area contributed by atoms with Crippen LogP contribution in [0.2, 0.25) is 0 Å². The first-order chi connectivity index (χ1) is 11.0. The molecule has 4 nitrogen and oxygen atoms in total. The van der Waals surface area contributed by atoms with Gasteiger partial charge in [0.05, 0.1) is 0 Å². The Morgan fingerprint density at radius 2 is 1.91 bits per heavy atom. The van der Waals surface area contributed by atoms with Gasteiger partial charge < -0.3 is 10.2 Å². The first-order valence-corrected chi connectivity index (χ1v) is 8.67. The molecule has 0 unspecified atom stereocenters. The fraction of sp³-hybridized carbons (Fsp3) is 0.579. The second kappa shape index (κ2) is 8.14. The summed E-state index contributed by atoms with van der Waals surface area (Å²) in [5.74, 6) is -0.0189. The Bertz CT molecular complexity index is 550. The van der Waals surface area contributed by atoms with E-state index >= 15 is 0 Å². The van der Waals surface area contributed by atoms with Crippen molar-refractivity contribution in [1.29, 1.82) is 0 Å². The highest BCUT2D eigenvalue weighted by molar-refractivity contribution is 5.87. The van der Waals surface area contributed by atoms with Crippen molar-refractivity contribution in [3.8, 4) is 0 Å². The molecule has 1 aromatic carbocycles. The minimum atomic E-state index is -0.442. The van der Waals surface area contributed by atoms with E-state index in [-0.39, 0.29) is 17.9 Å². The molecule has 1 fully saturated rings. The van der Waals surface area contributed by atoms with Gasteiger partial charge in [0.2, 0.25) is 11.8 Å². The van der Waals surface area contributed by atoms with Crippen LogP contribution in [0.5, 0.6) is 0 Å². The Kier molecular flexibility index (Phi) is 6.20. The largest absolute Gasteiger partial charge is 0.352 e. The highest BCUT2D eigenvalue weighted by Gasteiger charge is 2.27. The quantitative estimate of drug-likeness (QED) is 0.876. The number of benzene rings is 1. The predicted molar refractivity (Wildman–Crippen MR) is 91.9 cm³/mol. The Balaban J connectivity index is 2.08. The van der Waals surface area contributed by atoms with Gasteiger partial charge in [0.15, 0.2) is 0 Å². The molecule has 0 heterocycles. The summed E-state index contributed by atoms with van der Waals surface area (Å²) < 4.78 is 0. The number of hydrogen-bond acceptors (Lipinski definition) is 2. The predicted octanol–water partition coefficient (Wildman–Crippen LogP) is 3.18. The summed E-state index contributed by atoms with van der Waals surface area (Å²) in [5, 5.41) is 3.11. The number of hydrogen-bond donors (Lipinski definition) is 1. The number of amides is 2. The Hall–Kier alpha value is -1.84. The monoisotopic (exact) mass is 316 g/mol. The van der Waals surface area contributed by atoms with E-state index in [1.807, 2.05) is 45.0 Å². The van der Waals surface area contributed by atoms with Crippen molar-refractivity contribution in [3.63, 3.8) is 0 Å². The van der Waals surface area contributed by atoms with Crippen molar-refractivity contribution < 1.29 is 9.59 Å². The van der Waals surface area contributed by atoms with Crippen LogP contribution in [0.4, 0.5) is 0 Å². The highest BCUT2D eigenvalue weighted by atomic mass is 16.2. The SMILES string of the molecule is CCC(=O)N(Cc1ccccc1C)[C@H](C)C(=O)NC1CCCC1. The molecule has 1 aliphatic carbocycles. The molecule has 2 amide bonds. The number of aryl methyl sites for hydroxylation is 1. The second-order valence-electron chi connectivity index (χ2n) is 6.47. The summed E-state index contributed by atoms with van der Waals surface area (Å²) >= 11 is 0. The molecule has 1 aliphatic rings. The lowest BCUT2D eigenvalue weighted by molar-refractivity contribution is -0.140. The van der Waals surface area contributed by atoms with Crippen LogP contribution in [-0.2, 0) is 16.1 Å². The molecular formula is C19H28N2O2. The van der Waals surface area contributed by atoms with Crippen LogP contribution in [0.3, 0.4) is 0 Å². The summed E-state index contributed by atoms with van der Waals surface area (Å²) in [7, 11) is 0. The van der Waals surface area contributed by atoms with Gasteiger partial charge in [0.1, 0.15) is 6.04 Å². The van der Waals surface area contributed by atoms with Gasteiger partial charge in [-0.3, -0.25) is 9.59 Å². The van der Waals surface area contributed by atoms with Crippen LogP contribution in [0.15, 0.2) is 24.3 Å². The zero-order chi connectivity index (χ0) is 16.8. The molecule has 4 heteroatoms. The molecule has 2 rings (SSSR count). The number of nitrogens with one attached hydrogen (secondary N) is 1. The molecule has 0 bridgehead atoms. The van der Waals surface area contributed by atoms with Crippen LogP contribution in [0.1, 0.15) is 57.1 Å². The van der Waals surface area contributed by atoms with E-state index in [1.54, 1.807) is 4.90 Å². The maximum Gasteiger partial charge on any atom is 0.242 e. The molecule has 0 spiro atoms. The summed E-state index contributed by atoms with van der Waals surface area (Å²) in [5.41, 5.74) is 2.24. The highest BCUT2D eigenvalue weighted by Crippen LogP contribution is 2.19. The third kappa shape index (κ3) is 4.57. The summed E-state index contributed by atoms with van der Waals surface area (Å²) in [6.45, 7) is 6.19. The fourth-order valence-corrected chi connectivity index (χ4v) is 3.15. The lowest BCUT2D eigenvalue weighted by Crippen LogP contribution is -2.49. The van der Waals surface area contributed by atoms with E-state index in [0.29, 0.717) is 13.0 Å². The molecule has 0 aromatic heterocycles. The standard InChI is InChI=1S/C19H28N2O2/c1-4-18(22)21(13-16-10-6-5-9-14(16)2)15(3)19(23)20-17-11-7-8-12-17/h5-6,9-10,15,17H,4,7-8,11-13H2,1-3H3,(H,20,23)/t15-/m1/s1. The van der Waals surface area contributed by atoms with E-state index in [0.717, 1.165) is 24.0 Å². The van der Waals surface area contributed by atoms with Crippen molar-refractivity contribution in [2.45, 2.75) is 71.5 Å². The molecule has 0 saturated heterocycles. The first kappa shape index (κ1) is 17.5. The molecule has 1 aromatic rings. The van der Waals surface area contributed by atoms with Gasteiger partial charge in [-0.05, 0) is 37.8 Å². The first-order valence-electron chi connectivity index (χ1n) is 8.67. The summed E-state index contributed by atoms with van der Waals surface area (Å²) in [6, 6.07) is 7.85. The van der Waals surface area contributed by atoms with Gasteiger partial charge in [-0.15, -0.1) is 0 Å². The molecular weight excluding hydrogens is 288 g/mol. The minimum Gasteiger partial charge on any atom is -0.352 e. The Labute approximate surface area is 139 Å². The maximum absolute atomic E-state index is 12.5. The van der Waals surface area contributed by atoms with Crippen molar-refractivity contribution in [2.24, 2.45) is 0 Å². The normalized spacial score (nSPS) is 16.1. The Morgan fingerprint density at radius 3 is 2.52 bits per heavy atom.